The summed E-state index contributed by atoms with van der Waals surface area (Å²) < 4.78 is 5.25. The van der Waals surface area contributed by atoms with E-state index in [4.69, 9.17) is 4.74 Å². The average Bonchev–Trinajstić information content (AvgIpc) is 2.84. The predicted octanol–water partition coefficient (Wildman–Crippen LogP) is 0.747. The lowest BCUT2D eigenvalue weighted by Crippen LogP contribution is -2.47. The third-order valence-corrected chi connectivity index (χ3v) is 4.03. The van der Waals surface area contributed by atoms with E-state index in [1.165, 1.54) is 6.54 Å². The Labute approximate surface area is 84.3 Å². The third-order valence-electron chi connectivity index (χ3n) is 4.03. The predicted molar refractivity (Wildman–Crippen MR) is 52.8 cm³/mol. The molecule has 0 spiro atoms. The largest absolute Gasteiger partial charge is 0.501 e. The van der Waals surface area contributed by atoms with E-state index < -0.39 is 5.60 Å². The zero-order valence-electron chi connectivity index (χ0n) is 8.41. The molecule has 0 radical (unpaired) electrons. The lowest BCUT2D eigenvalue weighted by Gasteiger charge is -2.39. The molecule has 14 heavy (non-hydrogen) atoms. The van der Waals surface area contributed by atoms with Crippen LogP contribution < -0.4 is 0 Å². The van der Waals surface area contributed by atoms with Crippen molar-refractivity contribution in [2.24, 2.45) is 5.92 Å². The maximum absolute atomic E-state index is 10.7. The van der Waals surface area contributed by atoms with Gasteiger partial charge in [0.2, 0.25) is 0 Å². The van der Waals surface area contributed by atoms with Crippen molar-refractivity contribution in [1.82, 2.24) is 4.90 Å². The van der Waals surface area contributed by atoms with Gasteiger partial charge in [0.15, 0.2) is 0 Å². The first kappa shape index (κ1) is 8.74. The second-order valence-corrected chi connectivity index (χ2v) is 4.72. The minimum Gasteiger partial charge on any atom is -0.501 e. The molecule has 3 unspecified atom stereocenters. The average molecular weight is 195 g/mol. The Hall–Kier alpha value is -0.540. The van der Waals surface area contributed by atoms with E-state index in [9.17, 15) is 5.11 Å². The van der Waals surface area contributed by atoms with Crippen LogP contribution in [-0.2, 0) is 4.74 Å². The van der Waals surface area contributed by atoms with Crippen molar-refractivity contribution in [2.75, 3.05) is 26.2 Å². The Balaban J connectivity index is 1.87. The molecule has 78 valence electrons. The summed E-state index contributed by atoms with van der Waals surface area (Å²) in [5.74, 6) is 0.448. The van der Waals surface area contributed by atoms with Crippen LogP contribution in [0.4, 0.5) is 0 Å². The molecule has 0 saturated carbocycles. The smallest absolute Gasteiger partial charge is 0.0943 e. The second-order valence-electron chi connectivity index (χ2n) is 4.72. The summed E-state index contributed by atoms with van der Waals surface area (Å²) in [7, 11) is 0. The van der Waals surface area contributed by atoms with E-state index in [1.54, 1.807) is 6.26 Å². The minimum atomic E-state index is -0.538. The van der Waals surface area contributed by atoms with Crippen LogP contribution in [0.15, 0.2) is 11.8 Å². The molecule has 3 atom stereocenters. The molecule has 3 heterocycles. The monoisotopic (exact) mass is 195 g/mol. The van der Waals surface area contributed by atoms with Gasteiger partial charge in [0, 0.05) is 25.4 Å². The molecular formula is C11H17NO2. The molecule has 2 fully saturated rings. The second kappa shape index (κ2) is 2.97. The van der Waals surface area contributed by atoms with Crippen LogP contribution in [0.1, 0.15) is 19.3 Å². The van der Waals surface area contributed by atoms with Gasteiger partial charge in [-0.2, -0.15) is 0 Å². The summed E-state index contributed by atoms with van der Waals surface area (Å²) in [6.07, 6.45) is 4.77. The van der Waals surface area contributed by atoms with Crippen molar-refractivity contribution in [3.63, 3.8) is 0 Å². The number of piperidine rings is 1. The van der Waals surface area contributed by atoms with E-state index in [-0.39, 0.29) is 0 Å². The summed E-state index contributed by atoms with van der Waals surface area (Å²) in [6.45, 7) is 4.05. The van der Waals surface area contributed by atoms with E-state index in [0.29, 0.717) is 5.92 Å². The van der Waals surface area contributed by atoms with Crippen molar-refractivity contribution < 1.29 is 9.84 Å². The Morgan fingerprint density at radius 3 is 3.21 bits per heavy atom. The van der Waals surface area contributed by atoms with Crippen LogP contribution in [0.5, 0.6) is 0 Å². The summed E-state index contributed by atoms with van der Waals surface area (Å²) in [6, 6.07) is 0. The van der Waals surface area contributed by atoms with E-state index in [0.717, 1.165) is 44.5 Å². The first-order chi connectivity index (χ1) is 6.79. The molecule has 2 saturated heterocycles. The fraction of sp³-hybridized carbons (Fsp3) is 0.818. The van der Waals surface area contributed by atoms with Crippen molar-refractivity contribution in [2.45, 2.75) is 24.9 Å². The van der Waals surface area contributed by atoms with Gasteiger partial charge >= 0.3 is 0 Å². The molecule has 3 heteroatoms. The Bertz CT molecular complexity index is 276. The number of aliphatic hydroxyl groups is 1. The molecule has 0 amide bonds. The van der Waals surface area contributed by atoms with E-state index in [2.05, 4.69) is 4.90 Å². The number of ether oxygens (including phenoxy) is 1. The molecule has 2 bridgehead atoms. The lowest BCUT2D eigenvalue weighted by molar-refractivity contribution is -0.0138. The minimum absolute atomic E-state index is 0.448. The molecule has 1 N–H and O–H groups in total. The van der Waals surface area contributed by atoms with Crippen molar-refractivity contribution in [3.05, 3.63) is 11.8 Å². The number of nitrogens with zero attached hydrogens (tertiary/aromatic N) is 1. The molecule has 0 aromatic rings. The highest BCUT2D eigenvalue weighted by molar-refractivity contribution is 5.22. The number of hydrogen-bond acceptors (Lipinski definition) is 3. The van der Waals surface area contributed by atoms with Gasteiger partial charge in [-0.05, 0) is 25.0 Å². The molecular weight excluding hydrogens is 178 g/mol. The van der Waals surface area contributed by atoms with E-state index in [1.807, 2.05) is 0 Å². The Morgan fingerprint density at radius 1 is 1.50 bits per heavy atom. The van der Waals surface area contributed by atoms with Gasteiger partial charge in [-0.1, -0.05) is 0 Å². The first-order valence-electron chi connectivity index (χ1n) is 5.55. The van der Waals surface area contributed by atoms with Crippen LogP contribution in [0, 0.1) is 5.92 Å². The SMILES string of the molecule is OC1(C2=COCC2)CCN2CCC1C2. The van der Waals surface area contributed by atoms with Gasteiger partial charge in [0.1, 0.15) is 0 Å². The van der Waals surface area contributed by atoms with Gasteiger partial charge < -0.3 is 14.7 Å². The standard InChI is InChI=1S/C11H17NO2/c13-11(10-2-6-14-8-10)3-5-12-4-1-9(11)7-12/h8-9,13H,1-7H2. The zero-order valence-corrected chi connectivity index (χ0v) is 8.41. The van der Waals surface area contributed by atoms with Crippen molar-refractivity contribution >= 4 is 0 Å². The van der Waals surface area contributed by atoms with Crippen LogP contribution in [0.2, 0.25) is 0 Å². The Kier molecular flexibility index (Phi) is 1.86. The lowest BCUT2D eigenvalue weighted by atomic mass is 9.76. The highest BCUT2D eigenvalue weighted by Gasteiger charge is 2.47. The van der Waals surface area contributed by atoms with Gasteiger partial charge in [-0.3, -0.25) is 0 Å². The molecule has 0 aliphatic carbocycles. The van der Waals surface area contributed by atoms with Crippen LogP contribution >= 0.6 is 0 Å². The fourth-order valence-electron chi connectivity index (χ4n) is 3.09. The highest BCUT2D eigenvalue weighted by atomic mass is 16.5. The Morgan fingerprint density at radius 2 is 2.43 bits per heavy atom. The van der Waals surface area contributed by atoms with E-state index >= 15 is 0 Å². The maximum Gasteiger partial charge on any atom is 0.0943 e. The van der Waals surface area contributed by atoms with Gasteiger partial charge in [-0.15, -0.1) is 0 Å². The van der Waals surface area contributed by atoms with Crippen LogP contribution in [0.3, 0.4) is 0 Å². The fourth-order valence-corrected chi connectivity index (χ4v) is 3.09. The van der Waals surface area contributed by atoms with Crippen LogP contribution in [-0.4, -0.2) is 41.8 Å². The summed E-state index contributed by atoms with van der Waals surface area (Å²) in [5.41, 5.74) is 0.604. The molecule has 3 nitrogen and oxygen atoms in total. The molecule has 0 aromatic heterocycles. The molecule has 3 aliphatic rings. The number of rotatable bonds is 1. The molecule has 3 aliphatic heterocycles. The van der Waals surface area contributed by atoms with Gasteiger partial charge in [0.25, 0.3) is 0 Å². The van der Waals surface area contributed by atoms with Crippen LogP contribution in [0.25, 0.3) is 0 Å². The normalized spacial score (nSPS) is 46.2. The molecule has 3 rings (SSSR count). The number of fused-ring (bicyclic) bond motifs is 2. The zero-order chi connectivity index (χ0) is 9.60. The first-order valence-corrected chi connectivity index (χ1v) is 5.55. The number of hydrogen-bond donors (Lipinski definition) is 1. The van der Waals surface area contributed by atoms with Gasteiger partial charge in [-0.25, -0.2) is 0 Å². The summed E-state index contributed by atoms with van der Waals surface area (Å²) >= 11 is 0. The summed E-state index contributed by atoms with van der Waals surface area (Å²) in [4.78, 5) is 2.45. The van der Waals surface area contributed by atoms with Crippen molar-refractivity contribution in [3.8, 4) is 0 Å². The quantitative estimate of drug-likeness (QED) is 0.670. The van der Waals surface area contributed by atoms with Gasteiger partial charge in [0.05, 0.1) is 18.5 Å². The topological polar surface area (TPSA) is 32.7 Å². The molecule has 0 aromatic carbocycles. The van der Waals surface area contributed by atoms with Crippen molar-refractivity contribution in [1.29, 1.82) is 0 Å². The summed E-state index contributed by atoms with van der Waals surface area (Å²) in [5, 5.41) is 10.7. The highest BCUT2D eigenvalue weighted by Crippen LogP contribution is 2.42. The third kappa shape index (κ3) is 1.12. The maximum atomic E-state index is 10.7.